The molecular weight excluding hydrogens is 421 g/mol. The number of aliphatic imine (C=N–C) groups is 1. The zero-order valence-corrected chi connectivity index (χ0v) is 17.0. The molecule has 0 aliphatic carbocycles. The molecule has 24 heavy (non-hydrogen) atoms. The maximum absolute atomic E-state index is 11.4. The first-order valence-electron chi connectivity index (χ1n) is 7.90. The predicted molar refractivity (Wildman–Crippen MR) is 107 cm³/mol. The van der Waals surface area contributed by atoms with E-state index < -0.39 is 0 Å². The van der Waals surface area contributed by atoms with Crippen molar-refractivity contribution in [2.24, 2.45) is 4.99 Å². The summed E-state index contributed by atoms with van der Waals surface area (Å²) in [4.78, 5) is 15.5. The van der Waals surface area contributed by atoms with Gasteiger partial charge in [0.2, 0.25) is 0 Å². The van der Waals surface area contributed by atoms with Crippen molar-refractivity contribution >= 4 is 35.9 Å². The van der Waals surface area contributed by atoms with Crippen molar-refractivity contribution in [3.05, 3.63) is 35.4 Å². The molecule has 2 N–H and O–H groups in total. The van der Waals surface area contributed by atoms with Gasteiger partial charge < -0.3 is 20.1 Å². The highest BCUT2D eigenvalue weighted by Crippen LogP contribution is 2.06. The minimum atomic E-state index is -0.314. The Morgan fingerprint density at radius 1 is 1.17 bits per heavy atom. The lowest BCUT2D eigenvalue weighted by Gasteiger charge is -2.12. The van der Waals surface area contributed by atoms with Gasteiger partial charge in [0.05, 0.1) is 12.7 Å². The second-order valence-corrected chi connectivity index (χ2v) is 4.91. The van der Waals surface area contributed by atoms with Crippen LogP contribution < -0.4 is 10.6 Å². The Labute approximate surface area is 161 Å². The maximum atomic E-state index is 11.4. The van der Waals surface area contributed by atoms with Crippen molar-refractivity contribution in [2.75, 3.05) is 40.5 Å². The van der Waals surface area contributed by atoms with Crippen LogP contribution in [0.25, 0.3) is 0 Å². The first-order valence-corrected chi connectivity index (χ1v) is 7.90. The molecule has 0 bridgehead atoms. The zero-order valence-electron chi connectivity index (χ0n) is 14.6. The van der Waals surface area contributed by atoms with Gasteiger partial charge in [-0.05, 0) is 37.5 Å². The number of carbonyl (C=O) groups is 1. The van der Waals surface area contributed by atoms with E-state index in [9.17, 15) is 4.79 Å². The molecule has 0 atom stereocenters. The molecule has 1 aromatic carbocycles. The van der Waals surface area contributed by atoms with Gasteiger partial charge >= 0.3 is 5.97 Å². The molecule has 6 nitrogen and oxygen atoms in total. The summed E-state index contributed by atoms with van der Waals surface area (Å²) in [6.45, 7) is 5.09. The van der Waals surface area contributed by atoms with Crippen LogP contribution in [-0.4, -0.2) is 52.4 Å². The van der Waals surface area contributed by atoms with Gasteiger partial charge in [-0.15, -0.1) is 24.0 Å². The van der Waals surface area contributed by atoms with Crippen LogP contribution in [0.1, 0.15) is 29.3 Å². The SMILES string of the molecule is CCOCCCNC(=NC)NCCc1ccc(C(=O)OC)cc1.I. The zero-order chi connectivity index (χ0) is 16.9. The van der Waals surface area contributed by atoms with Crippen LogP contribution in [-0.2, 0) is 15.9 Å². The summed E-state index contributed by atoms with van der Waals surface area (Å²) in [6, 6.07) is 7.43. The summed E-state index contributed by atoms with van der Waals surface area (Å²) in [5.74, 6) is 0.471. The Kier molecular flexibility index (Phi) is 13.2. The second-order valence-electron chi connectivity index (χ2n) is 4.91. The van der Waals surface area contributed by atoms with Gasteiger partial charge in [-0.3, -0.25) is 4.99 Å². The number of carbonyl (C=O) groups excluding carboxylic acids is 1. The lowest BCUT2D eigenvalue weighted by atomic mass is 10.1. The second kappa shape index (κ2) is 14.0. The van der Waals surface area contributed by atoms with Gasteiger partial charge in [-0.1, -0.05) is 12.1 Å². The summed E-state index contributed by atoms with van der Waals surface area (Å²) < 4.78 is 9.97. The third-order valence-corrected chi connectivity index (χ3v) is 3.27. The molecule has 0 heterocycles. The molecule has 0 unspecified atom stereocenters. The van der Waals surface area contributed by atoms with E-state index in [0.29, 0.717) is 5.56 Å². The van der Waals surface area contributed by atoms with Crippen molar-refractivity contribution in [1.82, 2.24) is 10.6 Å². The van der Waals surface area contributed by atoms with Gasteiger partial charge in [-0.2, -0.15) is 0 Å². The summed E-state index contributed by atoms with van der Waals surface area (Å²) in [5.41, 5.74) is 1.72. The number of esters is 1. The average molecular weight is 449 g/mol. The normalized spacial score (nSPS) is 10.7. The van der Waals surface area contributed by atoms with Crippen molar-refractivity contribution in [2.45, 2.75) is 19.8 Å². The highest BCUT2D eigenvalue weighted by Gasteiger charge is 2.04. The van der Waals surface area contributed by atoms with E-state index in [2.05, 4.69) is 20.4 Å². The van der Waals surface area contributed by atoms with Crippen LogP contribution >= 0.6 is 24.0 Å². The summed E-state index contributed by atoms with van der Waals surface area (Å²) in [5, 5.41) is 6.51. The largest absolute Gasteiger partial charge is 0.465 e. The Bertz CT molecular complexity index is 492. The molecule has 1 rings (SSSR count). The standard InChI is InChI=1S/C17H27N3O3.HI/c1-4-23-13-5-11-19-17(18-2)20-12-10-14-6-8-15(9-7-14)16(21)22-3;/h6-9H,4-5,10-13H2,1-3H3,(H2,18,19,20);1H. The lowest BCUT2D eigenvalue weighted by Crippen LogP contribution is -2.39. The van der Waals surface area contributed by atoms with E-state index in [-0.39, 0.29) is 29.9 Å². The van der Waals surface area contributed by atoms with E-state index >= 15 is 0 Å². The van der Waals surface area contributed by atoms with Crippen molar-refractivity contribution in [3.63, 3.8) is 0 Å². The smallest absolute Gasteiger partial charge is 0.337 e. The molecule has 0 radical (unpaired) electrons. The van der Waals surface area contributed by atoms with E-state index in [1.54, 1.807) is 19.2 Å². The van der Waals surface area contributed by atoms with Crippen molar-refractivity contribution in [3.8, 4) is 0 Å². The first kappa shape index (κ1) is 22.6. The number of rotatable bonds is 9. The highest BCUT2D eigenvalue weighted by molar-refractivity contribution is 14.0. The number of methoxy groups -OCH3 is 1. The molecule has 136 valence electrons. The quantitative estimate of drug-likeness (QED) is 0.199. The molecular formula is C17H28IN3O3. The Balaban J connectivity index is 0.00000529. The van der Waals surface area contributed by atoms with E-state index in [0.717, 1.165) is 50.7 Å². The minimum Gasteiger partial charge on any atom is -0.465 e. The number of halogens is 1. The maximum Gasteiger partial charge on any atom is 0.337 e. The topological polar surface area (TPSA) is 72.0 Å². The molecule has 0 aromatic heterocycles. The highest BCUT2D eigenvalue weighted by atomic mass is 127. The third kappa shape index (κ3) is 9.07. The summed E-state index contributed by atoms with van der Waals surface area (Å²) in [6.07, 6.45) is 1.80. The van der Waals surface area contributed by atoms with Crippen LogP contribution in [0, 0.1) is 0 Å². The molecule has 0 spiro atoms. The minimum absolute atomic E-state index is 0. The summed E-state index contributed by atoms with van der Waals surface area (Å²) >= 11 is 0. The molecule has 1 aromatic rings. The number of ether oxygens (including phenoxy) is 2. The van der Waals surface area contributed by atoms with Crippen molar-refractivity contribution in [1.29, 1.82) is 0 Å². The van der Waals surface area contributed by atoms with Crippen LogP contribution in [0.2, 0.25) is 0 Å². The van der Waals surface area contributed by atoms with Gasteiger partial charge in [0.25, 0.3) is 0 Å². The number of guanidine groups is 1. The molecule has 0 fully saturated rings. The third-order valence-electron chi connectivity index (χ3n) is 3.27. The van der Waals surface area contributed by atoms with Crippen LogP contribution in [0.5, 0.6) is 0 Å². The molecule has 0 amide bonds. The fraction of sp³-hybridized carbons (Fsp3) is 0.529. The number of benzene rings is 1. The van der Waals surface area contributed by atoms with E-state index in [4.69, 9.17) is 4.74 Å². The fourth-order valence-corrected chi connectivity index (χ4v) is 2.00. The van der Waals surface area contributed by atoms with Crippen LogP contribution in [0.3, 0.4) is 0 Å². The Morgan fingerprint density at radius 2 is 1.83 bits per heavy atom. The fourth-order valence-electron chi connectivity index (χ4n) is 2.00. The monoisotopic (exact) mass is 449 g/mol. The van der Waals surface area contributed by atoms with Gasteiger partial charge in [-0.25, -0.2) is 4.79 Å². The molecule has 0 saturated carbocycles. The predicted octanol–water partition coefficient (Wildman–Crippen LogP) is 2.23. The van der Waals surface area contributed by atoms with Gasteiger partial charge in [0.15, 0.2) is 5.96 Å². The summed E-state index contributed by atoms with van der Waals surface area (Å²) in [7, 11) is 3.14. The molecule has 0 saturated heterocycles. The Hall–Kier alpha value is -1.35. The first-order chi connectivity index (χ1) is 11.2. The Morgan fingerprint density at radius 3 is 2.42 bits per heavy atom. The lowest BCUT2D eigenvalue weighted by molar-refractivity contribution is 0.0600. The van der Waals surface area contributed by atoms with Crippen molar-refractivity contribution < 1.29 is 14.3 Å². The van der Waals surface area contributed by atoms with E-state index in [1.165, 1.54) is 7.11 Å². The number of hydrogen-bond donors (Lipinski definition) is 2. The van der Waals surface area contributed by atoms with Gasteiger partial charge in [0, 0.05) is 33.4 Å². The van der Waals surface area contributed by atoms with Crippen LogP contribution in [0.15, 0.2) is 29.3 Å². The number of nitrogens with one attached hydrogen (secondary N) is 2. The van der Waals surface area contributed by atoms with Gasteiger partial charge in [0.1, 0.15) is 0 Å². The number of hydrogen-bond acceptors (Lipinski definition) is 4. The average Bonchev–Trinajstić information content (AvgIpc) is 2.59. The molecule has 0 aliphatic heterocycles. The number of nitrogens with zero attached hydrogens (tertiary/aromatic N) is 1. The van der Waals surface area contributed by atoms with E-state index in [1.807, 2.05) is 19.1 Å². The molecule has 0 aliphatic rings. The van der Waals surface area contributed by atoms with Crippen LogP contribution in [0.4, 0.5) is 0 Å². The molecule has 7 heteroatoms.